The van der Waals surface area contributed by atoms with E-state index >= 15 is 0 Å². The lowest BCUT2D eigenvalue weighted by molar-refractivity contribution is 0.105. The van der Waals surface area contributed by atoms with Gasteiger partial charge in [-0.15, -0.1) is 11.3 Å². The lowest BCUT2D eigenvalue weighted by Crippen LogP contribution is -2.01. The second kappa shape index (κ2) is 9.94. The van der Waals surface area contributed by atoms with Crippen molar-refractivity contribution < 1.29 is 19.0 Å². The van der Waals surface area contributed by atoms with E-state index in [9.17, 15) is 4.79 Å². The highest BCUT2D eigenvalue weighted by Crippen LogP contribution is 2.29. The molecule has 0 amide bonds. The molecule has 0 saturated heterocycles. The first-order valence-electron chi connectivity index (χ1n) is 9.41. The molecule has 1 aromatic heterocycles. The van der Waals surface area contributed by atoms with Gasteiger partial charge in [0.15, 0.2) is 17.3 Å². The minimum absolute atomic E-state index is 0.00218. The van der Waals surface area contributed by atoms with Gasteiger partial charge in [0.25, 0.3) is 0 Å². The van der Waals surface area contributed by atoms with Crippen LogP contribution in [0.15, 0.2) is 60.7 Å². The quantitative estimate of drug-likeness (QED) is 0.325. The molecule has 3 aromatic rings. The van der Waals surface area contributed by atoms with Gasteiger partial charge in [0.1, 0.15) is 12.4 Å². The molecule has 0 saturated carbocycles. The summed E-state index contributed by atoms with van der Waals surface area (Å²) in [5.41, 5.74) is 1.80. The van der Waals surface area contributed by atoms with Gasteiger partial charge in [0.2, 0.25) is 0 Å². The summed E-state index contributed by atoms with van der Waals surface area (Å²) in [5, 5.41) is 0. The van der Waals surface area contributed by atoms with E-state index in [1.807, 2.05) is 74.5 Å². The average Bonchev–Trinajstić information content (AvgIpc) is 3.18. The molecular formula is C24H24O4S. The van der Waals surface area contributed by atoms with E-state index in [1.165, 1.54) is 11.3 Å². The van der Waals surface area contributed by atoms with Crippen LogP contribution in [-0.2, 0) is 6.61 Å². The Labute approximate surface area is 175 Å². The molecule has 4 nitrogen and oxygen atoms in total. The van der Waals surface area contributed by atoms with Gasteiger partial charge < -0.3 is 14.2 Å². The lowest BCUT2D eigenvalue weighted by Gasteiger charge is -2.14. The fraction of sp³-hybridized carbons (Fsp3) is 0.208. The summed E-state index contributed by atoms with van der Waals surface area (Å²) in [6.07, 6.45) is 3.41. The van der Waals surface area contributed by atoms with E-state index in [1.54, 1.807) is 13.2 Å². The van der Waals surface area contributed by atoms with Crippen molar-refractivity contribution in [2.75, 3.05) is 13.7 Å². The zero-order valence-corrected chi connectivity index (χ0v) is 17.6. The van der Waals surface area contributed by atoms with E-state index in [-0.39, 0.29) is 5.78 Å². The predicted octanol–water partition coefficient (Wildman–Crippen LogP) is 5.94. The zero-order valence-electron chi connectivity index (χ0n) is 16.8. The third-order valence-electron chi connectivity index (χ3n) is 4.25. The van der Waals surface area contributed by atoms with Crippen molar-refractivity contribution >= 4 is 23.2 Å². The molecule has 0 unspecified atom stereocenters. The molecule has 0 aliphatic rings. The van der Waals surface area contributed by atoms with Gasteiger partial charge >= 0.3 is 0 Å². The number of allylic oxidation sites excluding steroid dienone is 1. The van der Waals surface area contributed by atoms with E-state index < -0.39 is 0 Å². The molecule has 0 N–H and O–H groups in total. The number of carbonyl (C=O) groups excluding carboxylic acids is 1. The molecule has 0 radical (unpaired) electrons. The SMILES string of the molecule is CCOc1ccccc1OCc1cc(/C=C/C(=O)c2ccc(C)s2)ccc1OC. The van der Waals surface area contributed by atoms with Crippen molar-refractivity contribution in [3.8, 4) is 17.2 Å². The number of para-hydroxylation sites is 2. The largest absolute Gasteiger partial charge is 0.496 e. The first kappa shape index (κ1) is 20.7. The average molecular weight is 409 g/mol. The Morgan fingerprint density at radius 3 is 2.41 bits per heavy atom. The summed E-state index contributed by atoms with van der Waals surface area (Å²) >= 11 is 1.50. The van der Waals surface area contributed by atoms with Crippen LogP contribution < -0.4 is 14.2 Å². The van der Waals surface area contributed by atoms with Crippen LogP contribution >= 0.6 is 11.3 Å². The van der Waals surface area contributed by atoms with Crippen LogP contribution in [0.2, 0.25) is 0 Å². The topological polar surface area (TPSA) is 44.8 Å². The fourth-order valence-electron chi connectivity index (χ4n) is 2.84. The number of hydrogen-bond donors (Lipinski definition) is 0. The van der Waals surface area contributed by atoms with Crippen molar-refractivity contribution in [3.05, 3.63) is 81.6 Å². The summed E-state index contributed by atoms with van der Waals surface area (Å²) in [6.45, 7) is 4.83. The smallest absolute Gasteiger partial charge is 0.195 e. The molecule has 29 heavy (non-hydrogen) atoms. The maximum absolute atomic E-state index is 12.3. The van der Waals surface area contributed by atoms with E-state index in [4.69, 9.17) is 14.2 Å². The highest BCUT2D eigenvalue weighted by Gasteiger charge is 2.09. The normalized spacial score (nSPS) is 10.9. The van der Waals surface area contributed by atoms with Crippen LogP contribution in [0.4, 0.5) is 0 Å². The van der Waals surface area contributed by atoms with Gasteiger partial charge in [-0.3, -0.25) is 4.79 Å². The first-order chi connectivity index (χ1) is 14.1. The monoisotopic (exact) mass is 408 g/mol. The first-order valence-corrected chi connectivity index (χ1v) is 10.2. The van der Waals surface area contributed by atoms with Gasteiger partial charge in [-0.05, 0) is 61.9 Å². The van der Waals surface area contributed by atoms with Gasteiger partial charge in [-0.25, -0.2) is 0 Å². The number of thiophene rings is 1. The molecule has 0 spiro atoms. The standard InChI is InChI=1S/C24H24O4S/c1-4-27-22-7-5-6-8-23(22)28-16-19-15-18(11-13-21(19)26-3)10-12-20(25)24-14-9-17(2)29-24/h5-15H,4,16H2,1-3H3/b12-10+. The maximum atomic E-state index is 12.3. The van der Waals surface area contributed by atoms with Crippen LogP contribution in [0, 0.1) is 6.92 Å². The highest BCUT2D eigenvalue weighted by atomic mass is 32.1. The Morgan fingerprint density at radius 2 is 1.76 bits per heavy atom. The number of benzene rings is 2. The molecule has 0 bridgehead atoms. The van der Waals surface area contributed by atoms with Crippen LogP contribution in [0.1, 0.15) is 32.6 Å². The summed E-state index contributed by atoms with van der Waals surface area (Å²) in [4.78, 5) is 14.2. The van der Waals surface area contributed by atoms with Crippen LogP contribution in [0.3, 0.4) is 0 Å². The van der Waals surface area contributed by atoms with Gasteiger partial charge in [-0.2, -0.15) is 0 Å². The van der Waals surface area contributed by atoms with Crippen molar-refractivity contribution in [1.82, 2.24) is 0 Å². The Kier molecular flexibility index (Phi) is 7.09. The number of carbonyl (C=O) groups is 1. The molecule has 150 valence electrons. The number of rotatable bonds is 9. The molecule has 1 heterocycles. The van der Waals surface area contributed by atoms with Crippen molar-refractivity contribution in [3.63, 3.8) is 0 Å². The summed E-state index contributed by atoms with van der Waals surface area (Å²) < 4.78 is 17.1. The molecular weight excluding hydrogens is 384 g/mol. The predicted molar refractivity (Wildman–Crippen MR) is 117 cm³/mol. The van der Waals surface area contributed by atoms with E-state index in [0.717, 1.165) is 26.6 Å². The lowest BCUT2D eigenvalue weighted by atomic mass is 10.1. The van der Waals surface area contributed by atoms with Crippen LogP contribution in [0.5, 0.6) is 17.2 Å². The molecule has 0 aliphatic heterocycles. The minimum atomic E-state index is 0.00218. The van der Waals surface area contributed by atoms with Crippen molar-refractivity contribution in [2.24, 2.45) is 0 Å². The minimum Gasteiger partial charge on any atom is -0.496 e. The Bertz CT molecular complexity index is 1000. The number of ether oxygens (including phenoxy) is 3. The summed E-state index contributed by atoms with van der Waals surface area (Å²) in [6, 6.07) is 17.2. The van der Waals surface area contributed by atoms with E-state index in [2.05, 4.69) is 0 Å². The van der Waals surface area contributed by atoms with Gasteiger partial charge in [-0.1, -0.05) is 24.3 Å². The van der Waals surface area contributed by atoms with Gasteiger partial charge in [0.05, 0.1) is 18.6 Å². The van der Waals surface area contributed by atoms with E-state index in [0.29, 0.717) is 24.7 Å². The van der Waals surface area contributed by atoms with Crippen molar-refractivity contribution in [2.45, 2.75) is 20.5 Å². The van der Waals surface area contributed by atoms with Crippen LogP contribution in [0.25, 0.3) is 6.08 Å². The zero-order chi connectivity index (χ0) is 20.6. The summed E-state index contributed by atoms with van der Waals surface area (Å²) in [5.74, 6) is 2.13. The highest BCUT2D eigenvalue weighted by molar-refractivity contribution is 7.14. The second-order valence-corrected chi connectivity index (χ2v) is 7.64. The maximum Gasteiger partial charge on any atom is 0.195 e. The van der Waals surface area contributed by atoms with Crippen LogP contribution in [-0.4, -0.2) is 19.5 Å². The fourth-order valence-corrected chi connectivity index (χ4v) is 3.62. The second-order valence-electron chi connectivity index (χ2n) is 6.35. The molecule has 5 heteroatoms. The number of methoxy groups -OCH3 is 1. The van der Waals surface area contributed by atoms with Crippen molar-refractivity contribution in [1.29, 1.82) is 0 Å². The number of ketones is 1. The molecule has 2 aromatic carbocycles. The number of hydrogen-bond acceptors (Lipinski definition) is 5. The third-order valence-corrected chi connectivity index (χ3v) is 5.26. The summed E-state index contributed by atoms with van der Waals surface area (Å²) in [7, 11) is 1.63. The van der Waals surface area contributed by atoms with Gasteiger partial charge in [0, 0.05) is 10.4 Å². The Morgan fingerprint density at radius 1 is 1.00 bits per heavy atom. The molecule has 0 fully saturated rings. The molecule has 0 atom stereocenters. The Hall–Kier alpha value is -3.05. The third kappa shape index (κ3) is 5.48. The molecule has 0 aliphatic carbocycles. The Balaban J connectivity index is 1.75. The number of aryl methyl sites for hydroxylation is 1. The molecule has 3 rings (SSSR count).